The summed E-state index contributed by atoms with van der Waals surface area (Å²) in [6.45, 7) is 11.8. The lowest BCUT2D eigenvalue weighted by Gasteiger charge is -2.21. The van der Waals surface area contributed by atoms with Crippen LogP contribution in [0.1, 0.15) is 57.1 Å². The molecule has 2 heterocycles. The van der Waals surface area contributed by atoms with Gasteiger partial charge in [0.1, 0.15) is 11.5 Å². The Balaban J connectivity index is 1.95. The minimum absolute atomic E-state index is 0.515. The van der Waals surface area contributed by atoms with Crippen LogP contribution in [-0.2, 0) is 13.1 Å². The third-order valence-electron chi connectivity index (χ3n) is 4.10. The van der Waals surface area contributed by atoms with Crippen molar-refractivity contribution in [2.75, 3.05) is 6.54 Å². The van der Waals surface area contributed by atoms with E-state index in [1.54, 1.807) is 0 Å². The highest BCUT2D eigenvalue weighted by Gasteiger charge is 2.24. The van der Waals surface area contributed by atoms with E-state index >= 15 is 0 Å². The standard InChI is InChI=1S/C16H28N2O/c1-5-15-7-6-8-18(15)11-16-9-14(13(4)19-16)10-17-12(2)3/h9,12,15,17H,5-8,10-11H2,1-4H3. The van der Waals surface area contributed by atoms with Crippen molar-refractivity contribution in [3.05, 3.63) is 23.2 Å². The molecule has 0 aliphatic carbocycles. The Morgan fingerprint density at radius 3 is 2.95 bits per heavy atom. The average Bonchev–Trinajstić information content (AvgIpc) is 2.94. The van der Waals surface area contributed by atoms with Crippen molar-refractivity contribution in [3.8, 4) is 0 Å². The topological polar surface area (TPSA) is 28.4 Å². The molecule has 1 N–H and O–H groups in total. The molecule has 1 saturated heterocycles. The zero-order valence-corrected chi connectivity index (χ0v) is 12.8. The van der Waals surface area contributed by atoms with Gasteiger partial charge in [-0.25, -0.2) is 0 Å². The van der Waals surface area contributed by atoms with Gasteiger partial charge in [0.2, 0.25) is 0 Å². The lowest BCUT2D eigenvalue weighted by molar-refractivity contribution is 0.220. The van der Waals surface area contributed by atoms with Crippen molar-refractivity contribution < 1.29 is 4.42 Å². The molecule has 1 aromatic rings. The van der Waals surface area contributed by atoms with E-state index in [2.05, 4.69) is 44.0 Å². The van der Waals surface area contributed by atoms with Crippen LogP contribution in [0.4, 0.5) is 0 Å². The molecule has 0 saturated carbocycles. The Bertz CT molecular complexity index is 397. The maximum absolute atomic E-state index is 5.92. The third kappa shape index (κ3) is 3.83. The zero-order chi connectivity index (χ0) is 13.8. The van der Waals surface area contributed by atoms with Crippen LogP contribution in [-0.4, -0.2) is 23.5 Å². The van der Waals surface area contributed by atoms with Gasteiger partial charge >= 0.3 is 0 Å². The monoisotopic (exact) mass is 264 g/mol. The molecule has 108 valence electrons. The molecule has 1 fully saturated rings. The quantitative estimate of drug-likeness (QED) is 0.853. The fraction of sp³-hybridized carbons (Fsp3) is 0.750. The summed E-state index contributed by atoms with van der Waals surface area (Å²) < 4.78 is 5.92. The van der Waals surface area contributed by atoms with Crippen molar-refractivity contribution in [3.63, 3.8) is 0 Å². The number of aryl methyl sites for hydroxylation is 1. The molecule has 1 atom stereocenters. The summed E-state index contributed by atoms with van der Waals surface area (Å²) in [5.74, 6) is 2.19. The van der Waals surface area contributed by atoms with Gasteiger partial charge in [-0.1, -0.05) is 20.8 Å². The molecule has 1 unspecified atom stereocenters. The van der Waals surface area contributed by atoms with Gasteiger partial charge in [0.05, 0.1) is 6.54 Å². The summed E-state index contributed by atoms with van der Waals surface area (Å²) in [6, 6.07) is 3.50. The second-order valence-corrected chi connectivity index (χ2v) is 6.00. The van der Waals surface area contributed by atoms with Gasteiger partial charge in [0.25, 0.3) is 0 Å². The highest BCUT2D eigenvalue weighted by Crippen LogP contribution is 2.24. The first kappa shape index (κ1) is 14.6. The Kier molecular flexibility index (Phi) is 5.06. The van der Waals surface area contributed by atoms with Gasteiger partial charge in [-0.15, -0.1) is 0 Å². The average molecular weight is 264 g/mol. The van der Waals surface area contributed by atoms with Crippen molar-refractivity contribution in [1.82, 2.24) is 10.2 Å². The van der Waals surface area contributed by atoms with Crippen LogP contribution in [0.3, 0.4) is 0 Å². The molecule has 1 aliphatic rings. The molecule has 1 aromatic heterocycles. The largest absolute Gasteiger partial charge is 0.465 e. The molecule has 2 rings (SSSR count). The molecule has 1 aliphatic heterocycles. The Labute approximate surface area is 117 Å². The van der Waals surface area contributed by atoms with Gasteiger partial charge < -0.3 is 9.73 Å². The SMILES string of the molecule is CCC1CCCN1Cc1cc(CNC(C)C)c(C)o1. The number of likely N-dealkylation sites (tertiary alicyclic amines) is 1. The van der Waals surface area contributed by atoms with E-state index in [1.165, 1.54) is 31.4 Å². The Morgan fingerprint density at radius 2 is 2.26 bits per heavy atom. The van der Waals surface area contributed by atoms with Crippen molar-refractivity contribution in [1.29, 1.82) is 0 Å². The molecule has 3 nitrogen and oxygen atoms in total. The van der Waals surface area contributed by atoms with Crippen LogP contribution >= 0.6 is 0 Å². The third-order valence-corrected chi connectivity index (χ3v) is 4.10. The van der Waals surface area contributed by atoms with Crippen molar-refractivity contribution in [2.24, 2.45) is 0 Å². The first-order chi connectivity index (χ1) is 9.10. The summed E-state index contributed by atoms with van der Waals surface area (Å²) in [5, 5.41) is 3.46. The fourth-order valence-corrected chi connectivity index (χ4v) is 2.92. The lowest BCUT2D eigenvalue weighted by atomic mass is 10.1. The van der Waals surface area contributed by atoms with Crippen LogP contribution in [0, 0.1) is 6.92 Å². The normalized spacial score (nSPS) is 20.6. The van der Waals surface area contributed by atoms with Crippen LogP contribution in [0.5, 0.6) is 0 Å². The van der Waals surface area contributed by atoms with Crippen LogP contribution < -0.4 is 5.32 Å². The number of furan rings is 1. The number of hydrogen-bond acceptors (Lipinski definition) is 3. The summed E-state index contributed by atoms with van der Waals surface area (Å²) in [4.78, 5) is 2.57. The lowest BCUT2D eigenvalue weighted by Crippen LogP contribution is -2.27. The molecule has 19 heavy (non-hydrogen) atoms. The minimum atomic E-state index is 0.515. The second kappa shape index (κ2) is 6.58. The van der Waals surface area contributed by atoms with E-state index in [0.29, 0.717) is 6.04 Å². The molecule has 0 radical (unpaired) electrons. The van der Waals surface area contributed by atoms with E-state index < -0.39 is 0 Å². The van der Waals surface area contributed by atoms with Crippen molar-refractivity contribution >= 4 is 0 Å². The van der Waals surface area contributed by atoms with Crippen LogP contribution in [0.15, 0.2) is 10.5 Å². The highest BCUT2D eigenvalue weighted by atomic mass is 16.3. The van der Waals surface area contributed by atoms with E-state index in [1.807, 2.05) is 0 Å². The van der Waals surface area contributed by atoms with E-state index in [0.717, 1.165) is 30.7 Å². The fourth-order valence-electron chi connectivity index (χ4n) is 2.92. The predicted molar refractivity (Wildman–Crippen MR) is 79.1 cm³/mol. The van der Waals surface area contributed by atoms with Gasteiger partial charge in [-0.05, 0) is 38.8 Å². The maximum atomic E-state index is 5.92. The van der Waals surface area contributed by atoms with Gasteiger partial charge in [0, 0.05) is 24.2 Å². The number of rotatable bonds is 6. The Hall–Kier alpha value is -0.800. The Morgan fingerprint density at radius 1 is 1.47 bits per heavy atom. The molecule has 0 spiro atoms. The van der Waals surface area contributed by atoms with E-state index in [-0.39, 0.29) is 0 Å². The molecular formula is C16H28N2O. The molecule has 0 aromatic carbocycles. The zero-order valence-electron chi connectivity index (χ0n) is 12.8. The van der Waals surface area contributed by atoms with Gasteiger partial charge in [-0.2, -0.15) is 0 Å². The van der Waals surface area contributed by atoms with Gasteiger partial charge in [-0.3, -0.25) is 4.90 Å². The summed E-state index contributed by atoms with van der Waals surface area (Å²) in [6.07, 6.45) is 3.93. The van der Waals surface area contributed by atoms with E-state index in [9.17, 15) is 0 Å². The van der Waals surface area contributed by atoms with Crippen LogP contribution in [0.25, 0.3) is 0 Å². The first-order valence-electron chi connectivity index (χ1n) is 7.65. The maximum Gasteiger partial charge on any atom is 0.118 e. The summed E-state index contributed by atoms with van der Waals surface area (Å²) in [7, 11) is 0. The summed E-state index contributed by atoms with van der Waals surface area (Å²) >= 11 is 0. The number of nitrogens with one attached hydrogen (secondary N) is 1. The van der Waals surface area contributed by atoms with Gasteiger partial charge in [0.15, 0.2) is 0 Å². The first-order valence-corrected chi connectivity index (χ1v) is 7.65. The molecule has 3 heteroatoms. The molecular weight excluding hydrogens is 236 g/mol. The number of hydrogen-bond donors (Lipinski definition) is 1. The minimum Gasteiger partial charge on any atom is -0.465 e. The smallest absolute Gasteiger partial charge is 0.118 e. The van der Waals surface area contributed by atoms with Crippen molar-refractivity contribution in [2.45, 2.75) is 72.1 Å². The van der Waals surface area contributed by atoms with Crippen LogP contribution in [0.2, 0.25) is 0 Å². The predicted octanol–water partition coefficient (Wildman–Crippen LogP) is 3.46. The summed E-state index contributed by atoms with van der Waals surface area (Å²) in [5.41, 5.74) is 1.30. The molecule has 0 bridgehead atoms. The highest BCUT2D eigenvalue weighted by molar-refractivity contribution is 5.20. The second-order valence-electron chi connectivity index (χ2n) is 6.00. The molecule has 0 amide bonds. The number of nitrogens with zero attached hydrogens (tertiary/aromatic N) is 1. The van der Waals surface area contributed by atoms with E-state index in [4.69, 9.17) is 4.42 Å².